The van der Waals surface area contributed by atoms with E-state index in [1.807, 2.05) is 6.92 Å². The largest absolute Gasteiger partial charge is 0.446 e. The molecule has 0 unspecified atom stereocenters. The molecule has 0 spiro atoms. The third kappa shape index (κ3) is 5.84. The third-order valence-electron chi connectivity index (χ3n) is 7.25. The van der Waals surface area contributed by atoms with E-state index < -0.39 is 23.5 Å². The first kappa shape index (κ1) is 24.6. The zero-order valence-corrected chi connectivity index (χ0v) is 19.3. The summed E-state index contributed by atoms with van der Waals surface area (Å²) < 4.78 is 44.1. The Bertz CT molecular complexity index is 772. The molecule has 6 nitrogen and oxygen atoms in total. The van der Waals surface area contributed by atoms with E-state index in [-0.39, 0.29) is 18.0 Å². The maximum absolute atomic E-state index is 12.8. The minimum absolute atomic E-state index is 0.0879. The maximum atomic E-state index is 12.8. The number of halogens is 3. The summed E-state index contributed by atoms with van der Waals surface area (Å²) in [5, 5.41) is 6.20. The van der Waals surface area contributed by atoms with Crippen LogP contribution in [-0.2, 0) is 10.9 Å². The number of carbonyl (C=O) groups is 1. The highest BCUT2D eigenvalue weighted by molar-refractivity contribution is 5.68. The van der Waals surface area contributed by atoms with Gasteiger partial charge in [0.2, 0.25) is 0 Å². The van der Waals surface area contributed by atoms with Crippen LogP contribution < -0.4 is 10.6 Å². The summed E-state index contributed by atoms with van der Waals surface area (Å²) in [6.07, 6.45) is 3.38. The second kappa shape index (κ2) is 9.83. The Morgan fingerprint density at radius 2 is 2.00 bits per heavy atom. The summed E-state index contributed by atoms with van der Waals surface area (Å²) in [5.74, 6) is 1.64. The van der Waals surface area contributed by atoms with Crippen molar-refractivity contribution in [1.29, 1.82) is 0 Å². The molecule has 2 fully saturated rings. The van der Waals surface area contributed by atoms with E-state index in [4.69, 9.17) is 4.74 Å². The van der Waals surface area contributed by atoms with Crippen LogP contribution in [0.3, 0.4) is 0 Å². The number of rotatable bonds is 6. The van der Waals surface area contributed by atoms with Gasteiger partial charge in [0.15, 0.2) is 5.69 Å². The van der Waals surface area contributed by atoms with Gasteiger partial charge in [0, 0.05) is 0 Å². The molecule has 180 valence electrons. The fourth-order valence-corrected chi connectivity index (χ4v) is 5.20. The monoisotopic (exact) mass is 456 g/mol. The van der Waals surface area contributed by atoms with E-state index in [0.717, 1.165) is 50.9 Å². The minimum atomic E-state index is -4.53. The fourth-order valence-electron chi connectivity index (χ4n) is 5.20. The Hall–Kier alpha value is -2.06. The van der Waals surface area contributed by atoms with Gasteiger partial charge < -0.3 is 15.4 Å². The van der Waals surface area contributed by atoms with Crippen molar-refractivity contribution in [3.63, 3.8) is 0 Å². The van der Waals surface area contributed by atoms with Crippen molar-refractivity contribution in [2.45, 2.75) is 96.5 Å². The summed E-state index contributed by atoms with van der Waals surface area (Å²) in [6, 6.07) is -0.220. The van der Waals surface area contributed by atoms with Gasteiger partial charge in [0.05, 0.1) is 24.0 Å². The number of ether oxygens (including phenoxy) is 1. The van der Waals surface area contributed by atoms with Gasteiger partial charge in [-0.1, -0.05) is 27.2 Å². The van der Waals surface area contributed by atoms with Crippen molar-refractivity contribution in [2.75, 3.05) is 5.32 Å². The van der Waals surface area contributed by atoms with Crippen molar-refractivity contribution in [1.82, 2.24) is 15.3 Å². The van der Waals surface area contributed by atoms with Crippen LogP contribution in [0.1, 0.15) is 78.3 Å². The number of alkyl halides is 3. The van der Waals surface area contributed by atoms with E-state index in [2.05, 4.69) is 41.4 Å². The van der Waals surface area contributed by atoms with Crippen LogP contribution in [0.25, 0.3) is 0 Å². The molecule has 9 heteroatoms. The number of nitrogens with zero attached hydrogens (tertiary/aromatic N) is 2. The first-order valence-electron chi connectivity index (χ1n) is 11.7. The molecule has 1 heterocycles. The number of anilines is 1. The Kier molecular flexibility index (Phi) is 7.55. The topological polar surface area (TPSA) is 76.1 Å². The number of nitrogens with one attached hydrogen (secondary N) is 2. The molecule has 1 aromatic heterocycles. The maximum Gasteiger partial charge on any atom is 0.434 e. The van der Waals surface area contributed by atoms with Gasteiger partial charge in [-0.05, 0) is 63.2 Å². The zero-order valence-electron chi connectivity index (χ0n) is 19.3. The first-order chi connectivity index (χ1) is 15.0. The van der Waals surface area contributed by atoms with Crippen LogP contribution in [0.2, 0.25) is 0 Å². The Balaban J connectivity index is 1.62. The standard InChI is InChI=1S/C23H35F3N4O2/c1-5-15-8-9-16(14(2)3)17(11-15)32-21(31)29-18-7-6-10-22(18,4)30-20-13-27-19(12-28-20)23(24,25)26/h12-18H,5-11H2,1-4H3,(H,28,30)(H,29,31)/t15-,16+,17-,18+,22+/m1/s1. The highest BCUT2D eigenvalue weighted by Gasteiger charge is 2.42. The molecule has 0 radical (unpaired) electrons. The fraction of sp³-hybridized carbons (Fsp3) is 0.783. The molecule has 0 bridgehead atoms. The van der Waals surface area contributed by atoms with Crippen molar-refractivity contribution in [3.05, 3.63) is 18.1 Å². The van der Waals surface area contributed by atoms with Crippen molar-refractivity contribution in [3.8, 4) is 0 Å². The molecule has 5 atom stereocenters. The predicted octanol–water partition coefficient (Wildman–Crippen LogP) is 5.80. The molecule has 0 saturated heterocycles. The lowest BCUT2D eigenvalue weighted by Gasteiger charge is -2.38. The van der Waals surface area contributed by atoms with Crippen molar-refractivity contribution >= 4 is 11.9 Å². The first-order valence-corrected chi connectivity index (χ1v) is 11.7. The third-order valence-corrected chi connectivity index (χ3v) is 7.25. The SMILES string of the molecule is CC[C@@H]1CC[C@@H](C(C)C)[C@H](OC(=O)N[C@H]2CCC[C@]2(C)Nc2cnc(C(F)(F)F)cn2)C1. The van der Waals surface area contributed by atoms with Gasteiger partial charge in [-0.15, -0.1) is 0 Å². The average molecular weight is 457 g/mol. The summed E-state index contributed by atoms with van der Waals surface area (Å²) in [6.45, 7) is 8.47. The lowest BCUT2D eigenvalue weighted by Crippen LogP contribution is -2.53. The lowest BCUT2D eigenvalue weighted by molar-refractivity contribution is -0.141. The lowest BCUT2D eigenvalue weighted by atomic mass is 9.74. The summed E-state index contributed by atoms with van der Waals surface area (Å²) in [7, 11) is 0. The van der Waals surface area contributed by atoms with Crippen LogP contribution in [0, 0.1) is 17.8 Å². The van der Waals surface area contributed by atoms with E-state index in [9.17, 15) is 18.0 Å². The predicted molar refractivity (Wildman–Crippen MR) is 116 cm³/mol. The zero-order chi connectivity index (χ0) is 23.5. The van der Waals surface area contributed by atoms with Crippen molar-refractivity contribution < 1.29 is 22.7 Å². The second-order valence-electron chi connectivity index (χ2n) is 9.86. The smallest absolute Gasteiger partial charge is 0.434 e. The highest BCUT2D eigenvalue weighted by atomic mass is 19.4. The molecule has 1 amide bonds. The van der Waals surface area contributed by atoms with Crippen LogP contribution in [-0.4, -0.2) is 33.7 Å². The van der Waals surface area contributed by atoms with Gasteiger partial charge in [-0.3, -0.25) is 0 Å². The molecule has 2 aliphatic rings. The molecule has 2 saturated carbocycles. The quantitative estimate of drug-likeness (QED) is 0.566. The van der Waals surface area contributed by atoms with Gasteiger partial charge in [-0.25, -0.2) is 14.8 Å². The van der Waals surface area contributed by atoms with Crippen LogP contribution >= 0.6 is 0 Å². The van der Waals surface area contributed by atoms with E-state index in [1.165, 1.54) is 6.42 Å². The van der Waals surface area contributed by atoms with Crippen LogP contribution in [0.4, 0.5) is 23.8 Å². The van der Waals surface area contributed by atoms with Gasteiger partial charge in [0.25, 0.3) is 0 Å². The molecular formula is C23H35F3N4O2. The molecular weight excluding hydrogens is 421 g/mol. The second-order valence-corrected chi connectivity index (χ2v) is 9.86. The summed E-state index contributed by atoms with van der Waals surface area (Å²) in [5.41, 5.74) is -1.58. The molecule has 3 rings (SSSR count). The van der Waals surface area contributed by atoms with Crippen molar-refractivity contribution in [2.24, 2.45) is 17.8 Å². The van der Waals surface area contributed by atoms with Crippen LogP contribution in [0.5, 0.6) is 0 Å². The van der Waals surface area contributed by atoms with Gasteiger partial charge >= 0.3 is 12.3 Å². The van der Waals surface area contributed by atoms with E-state index in [0.29, 0.717) is 17.8 Å². The normalized spacial score (nSPS) is 30.9. The molecule has 2 aliphatic carbocycles. The molecule has 0 aromatic carbocycles. The minimum Gasteiger partial charge on any atom is -0.446 e. The number of carbonyl (C=O) groups excluding carboxylic acids is 1. The molecule has 0 aliphatic heterocycles. The van der Waals surface area contributed by atoms with E-state index in [1.54, 1.807) is 0 Å². The summed E-state index contributed by atoms with van der Waals surface area (Å²) >= 11 is 0. The number of amides is 1. The molecule has 32 heavy (non-hydrogen) atoms. The van der Waals surface area contributed by atoms with E-state index >= 15 is 0 Å². The Morgan fingerprint density at radius 1 is 1.25 bits per heavy atom. The van der Waals surface area contributed by atoms with Gasteiger partial charge in [0.1, 0.15) is 11.9 Å². The van der Waals surface area contributed by atoms with Crippen LogP contribution in [0.15, 0.2) is 12.4 Å². The number of hydrogen-bond acceptors (Lipinski definition) is 5. The molecule has 2 N–H and O–H groups in total. The molecule has 1 aromatic rings. The Labute approximate surface area is 188 Å². The van der Waals surface area contributed by atoms with Gasteiger partial charge in [-0.2, -0.15) is 13.2 Å². The average Bonchev–Trinajstić information content (AvgIpc) is 3.06. The number of aromatic nitrogens is 2. The number of alkyl carbamates (subject to hydrolysis) is 1. The Morgan fingerprint density at radius 3 is 2.59 bits per heavy atom. The number of hydrogen-bond donors (Lipinski definition) is 2. The highest BCUT2D eigenvalue weighted by Crippen LogP contribution is 2.37. The summed E-state index contributed by atoms with van der Waals surface area (Å²) in [4.78, 5) is 20.1.